The van der Waals surface area contributed by atoms with Gasteiger partial charge in [0.2, 0.25) is 11.9 Å². The molecular weight excluding hydrogens is 487 g/mol. The van der Waals surface area contributed by atoms with Gasteiger partial charge in [-0.3, -0.25) is 19.3 Å². The molecule has 13 heteroatoms. The van der Waals surface area contributed by atoms with Gasteiger partial charge in [0.25, 0.3) is 5.91 Å². The molecular formula is C24H27FN6O6. The molecule has 0 bridgehead atoms. The average Bonchev–Trinajstić information content (AvgIpc) is 3.28. The zero-order valence-electron chi connectivity index (χ0n) is 20.7. The Morgan fingerprint density at radius 2 is 1.81 bits per heavy atom. The zero-order chi connectivity index (χ0) is 26.7. The van der Waals surface area contributed by atoms with Crippen LogP contribution in [0.1, 0.15) is 13.8 Å². The number of likely N-dealkylation sites (N-methyl/N-ethyl adjacent to an activating group) is 1. The lowest BCUT2D eigenvalue weighted by Gasteiger charge is -2.34. The van der Waals surface area contributed by atoms with Crippen LogP contribution in [0, 0.1) is 5.82 Å². The minimum atomic E-state index is -0.748. The number of cyclic esters (lactones) is 1. The van der Waals surface area contributed by atoms with Crippen LogP contribution in [0.3, 0.4) is 0 Å². The molecule has 0 aliphatic carbocycles. The molecule has 4 rings (SSSR count). The smallest absolute Gasteiger partial charge is 0.416 e. The number of nitrogens with zero attached hydrogens (tertiary/aromatic N) is 6. The predicted molar refractivity (Wildman–Crippen MR) is 129 cm³/mol. The van der Waals surface area contributed by atoms with Gasteiger partial charge in [-0.2, -0.15) is 0 Å². The predicted octanol–water partition coefficient (Wildman–Crippen LogP) is 1.26. The minimum Gasteiger partial charge on any atom is -0.456 e. The number of amides is 3. The number of anilines is 2. The number of hydrogen-bond acceptors (Lipinski definition) is 9. The van der Waals surface area contributed by atoms with Crippen LogP contribution in [0.15, 0.2) is 30.6 Å². The van der Waals surface area contributed by atoms with Crippen molar-refractivity contribution >= 4 is 35.5 Å². The van der Waals surface area contributed by atoms with Gasteiger partial charge in [-0.1, -0.05) is 0 Å². The van der Waals surface area contributed by atoms with E-state index in [2.05, 4.69) is 9.97 Å². The van der Waals surface area contributed by atoms with Crippen LogP contribution in [0.25, 0.3) is 11.1 Å². The van der Waals surface area contributed by atoms with E-state index in [0.29, 0.717) is 43.4 Å². The first-order chi connectivity index (χ1) is 17.6. The van der Waals surface area contributed by atoms with E-state index in [-0.39, 0.29) is 30.5 Å². The van der Waals surface area contributed by atoms with E-state index in [4.69, 9.17) is 9.47 Å². The molecule has 2 aliphatic rings. The van der Waals surface area contributed by atoms with Crippen LogP contribution in [-0.4, -0.2) is 96.3 Å². The Labute approximate surface area is 212 Å². The van der Waals surface area contributed by atoms with E-state index in [9.17, 15) is 19.2 Å². The third-order valence-corrected chi connectivity index (χ3v) is 6.25. The molecule has 2 aromatic rings. The van der Waals surface area contributed by atoms with E-state index in [1.807, 2.05) is 4.90 Å². The quantitative estimate of drug-likeness (QED) is 0.524. The average molecular weight is 515 g/mol. The van der Waals surface area contributed by atoms with Crippen LogP contribution >= 0.6 is 0 Å². The molecule has 1 aromatic heterocycles. The van der Waals surface area contributed by atoms with E-state index in [0.717, 1.165) is 0 Å². The molecule has 196 valence electrons. The molecule has 0 saturated carbocycles. The Balaban J connectivity index is 1.38. The maximum absolute atomic E-state index is 15.0. The molecule has 12 nitrogen and oxygen atoms in total. The fourth-order valence-electron chi connectivity index (χ4n) is 4.00. The Morgan fingerprint density at radius 3 is 2.41 bits per heavy atom. The molecule has 3 heterocycles. The first-order valence-electron chi connectivity index (χ1n) is 11.6. The highest BCUT2D eigenvalue weighted by Crippen LogP contribution is 2.29. The molecule has 3 amide bonds. The Bertz CT molecular complexity index is 1200. The molecule has 1 atom stereocenters. The SMILES string of the molecule is CC(=O)OCC(=O)N1CCN(c2ncc(-c3ccc(N4C[C@@H](N(C)C(C)=O)OC4=O)cc3F)cn2)CC1. The van der Waals surface area contributed by atoms with Crippen LogP contribution in [0.4, 0.5) is 20.8 Å². The highest BCUT2D eigenvalue weighted by atomic mass is 19.1. The molecule has 37 heavy (non-hydrogen) atoms. The largest absolute Gasteiger partial charge is 0.456 e. The van der Waals surface area contributed by atoms with Crippen molar-refractivity contribution in [3.05, 3.63) is 36.4 Å². The normalized spacial score (nSPS) is 17.5. The number of ether oxygens (including phenoxy) is 2. The Kier molecular flexibility index (Phi) is 7.50. The standard InChI is InChI=1S/C24H27FN6O6/c1-15(32)28(3)22-13-31(24(35)37-22)18-4-5-19(20(25)10-18)17-11-26-23(27-12-17)30-8-6-29(7-9-30)21(34)14-36-16(2)33/h4-5,10-12,22H,6-9,13-14H2,1-3H3/t22-/m0/s1. The molecule has 2 aliphatic heterocycles. The fraction of sp³-hybridized carbons (Fsp3) is 0.417. The van der Waals surface area contributed by atoms with Crippen molar-refractivity contribution in [3.63, 3.8) is 0 Å². The van der Waals surface area contributed by atoms with Crippen molar-refractivity contribution in [2.24, 2.45) is 0 Å². The molecule has 0 unspecified atom stereocenters. The minimum absolute atomic E-state index is 0.0914. The van der Waals surface area contributed by atoms with Crippen molar-refractivity contribution in [1.82, 2.24) is 19.8 Å². The van der Waals surface area contributed by atoms with Crippen molar-refractivity contribution in [2.45, 2.75) is 20.1 Å². The van der Waals surface area contributed by atoms with Crippen molar-refractivity contribution < 1.29 is 33.0 Å². The zero-order valence-corrected chi connectivity index (χ0v) is 20.7. The number of hydrogen-bond donors (Lipinski definition) is 0. The second kappa shape index (κ2) is 10.8. The third-order valence-electron chi connectivity index (χ3n) is 6.25. The number of piperazine rings is 1. The number of carbonyl (C=O) groups excluding carboxylic acids is 4. The molecule has 0 spiro atoms. The van der Waals surface area contributed by atoms with Crippen LogP contribution < -0.4 is 9.80 Å². The summed E-state index contributed by atoms with van der Waals surface area (Å²) in [6.07, 6.45) is 1.62. The summed E-state index contributed by atoms with van der Waals surface area (Å²) < 4.78 is 25.0. The molecule has 2 fully saturated rings. The monoisotopic (exact) mass is 514 g/mol. The van der Waals surface area contributed by atoms with E-state index < -0.39 is 24.1 Å². The lowest BCUT2D eigenvalue weighted by molar-refractivity contribution is -0.150. The summed E-state index contributed by atoms with van der Waals surface area (Å²) in [5, 5.41) is 0. The Hall–Kier alpha value is -4.29. The van der Waals surface area contributed by atoms with Gasteiger partial charge in [0.05, 0.1) is 12.2 Å². The van der Waals surface area contributed by atoms with Gasteiger partial charge in [0, 0.05) is 70.6 Å². The number of halogens is 1. The van der Waals surface area contributed by atoms with Crippen molar-refractivity contribution in [1.29, 1.82) is 0 Å². The summed E-state index contributed by atoms with van der Waals surface area (Å²) in [6.45, 7) is 4.30. The lowest BCUT2D eigenvalue weighted by Crippen LogP contribution is -2.50. The van der Waals surface area contributed by atoms with E-state index in [1.54, 1.807) is 11.0 Å². The van der Waals surface area contributed by atoms with Crippen molar-refractivity contribution in [3.8, 4) is 11.1 Å². The highest BCUT2D eigenvalue weighted by Gasteiger charge is 2.36. The second-order valence-electron chi connectivity index (χ2n) is 8.66. The fourth-order valence-corrected chi connectivity index (χ4v) is 4.00. The van der Waals surface area contributed by atoms with Crippen molar-refractivity contribution in [2.75, 3.05) is 56.2 Å². The molecule has 0 radical (unpaired) electrons. The summed E-state index contributed by atoms with van der Waals surface area (Å²) in [5.74, 6) is -1.12. The summed E-state index contributed by atoms with van der Waals surface area (Å²) >= 11 is 0. The second-order valence-corrected chi connectivity index (χ2v) is 8.66. The summed E-state index contributed by atoms with van der Waals surface area (Å²) in [4.78, 5) is 61.6. The van der Waals surface area contributed by atoms with Crippen LogP contribution in [0.2, 0.25) is 0 Å². The van der Waals surface area contributed by atoms with E-state index >= 15 is 4.39 Å². The number of aromatic nitrogens is 2. The van der Waals surface area contributed by atoms with Gasteiger partial charge in [0.1, 0.15) is 5.82 Å². The van der Waals surface area contributed by atoms with Crippen LogP contribution in [-0.2, 0) is 23.9 Å². The van der Waals surface area contributed by atoms with E-state index in [1.165, 1.54) is 55.2 Å². The third kappa shape index (κ3) is 5.76. The van der Waals surface area contributed by atoms with Gasteiger partial charge in [-0.25, -0.2) is 19.2 Å². The number of esters is 1. The number of carbonyl (C=O) groups is 4. The van der Waals surface area contributed by atoms with Gasteiger partial charge >= 0.3 is 12.1 Å². The summed E-state index contributed by atoms with van der Waals surface area (Å²) in [7, 11) is 1.53. The van der Waals surface area contributed by atoms with Gasteiger partial charge < -0.3 is 24.2 Å². The lowest BCUT2D eigenvalue weighted by atomic mass is 10.1. The number of rotatable bonds is 6. The van der Waals surface area contributed by atoms with Gasteiger partial charge in [-0.05, 0) is 18.2 Å². The summed E-state index contributed by atoms with van der Waals surface area (Å²) in [5.41, 5.74) is 1.03. The maximum Gasteiger partial charge on any atom is 0.416 e. The van der Waals surface area contributed by atoms with Gasteiger partial charge in [0.15, 0.2) is 12.8 Å². The Morgan fingerprint density at radius 1 is 1.14 bits per heavy atom. The first kappa shape index (κ1) is 25.8. The number of benzene rings is 1. The molecule has 0 N–H and O–H groups in total. The van der Waals surface area contributed by atoms with Crippen LogP contribution in [0.5, 0.6) is 0 Å². The highest BCUT2D eigenvalue weighted by molar-refractivity contribution is 5.90. The van der Waals surface area contributed by atoms with Gasteiger partial charge in [-0.15, -0.1) is 0 Å². The molecule has 2 saturated heterocycles. The molecule has 1 aromatic carbocycles. The topological polar surface area (TPSA) is 125 Å². The maximum atomic E-state index is 15.0. The summed E-state index contributed by atoms with van der Waals surface area (Å²) in [6, 6.07) is 4.36. The first-order valence-corrected chi connectivity index (χ1v) is 11.6.